The number of hydrogen-bond donors (Lipinski definition) is 0. The monoisotopic (exact) mass is 866 g/mol. The fourth-order valence-electron chi connectivity index (χ4n) is 7.21. The minimum absolute atomic E-state index is 0. The first-order valence-electron chi connectivity index (χ1n) is 17.7. The molecule has 2 aliphatic heterocycles. The molecule has 260 valence electrons. The Bertz CT molecular complexity index is 2440. The standard InChI is InChI=1S/C28H23BNO2.C19H15N.Ir/c1-17-16-30-22(15-19(17)28(2,3)4)18-9-7-11-21-27(18)32-25-14-8-13-24-26(25)29(21)20-10-5-6-12-23(20)31-24;1-14-8-10-16(11-9-14)18-12-19(15(2)20-13-18)17-6-4-3-5-7-17;/h5-8,10-16H,1-4H3;3-10,12H,1-2H3;/q-1;-2;+3. The van der Waals surface area contributed by atoms with Crippen LogP contribution in [0.15, 0.2) is 121 Å². The summed E-state index contributed by atoms with van der Waals surface area (Å²) < 4.78 is 12.7. The van der Waals surface area contributed by atoms with Gasteiger partial charge in [-0.05, 0) is 64.1 Å². The van der Waals surface area contributed by atoms with Crippen LogP contribution in [0.25, 0.3) is 33.5 Å². The minimum atomic E-state index is 0. The van der Waals surface area contributed by atoms with Crippen molar-refractivity contribution in [2.75, 3.05) is 0 Å². The third-order valence-corrected chi connectivity index (χ3v) is 9.80. The molecule has 0 unspecified atom stereocenters. The molecule has 0 N–H and O–H groups in total. The number of rotatable bonds is 3. The maximum absolute atomic E-state index is 6.53. The van der Waals surface area contributed by atoms with Crippen LogP contribution in [-0.2, 0) is 25.5 Å². The van der Waals surface area contributed by atoms with Gasteiger partial charge in [-0.2, -0.15) is 30.3 Å². The zero-order valence-corrected chi connectivity index (χ0v) is 33.1. The molecule has 9 rings (SSSR count). The smallest absolute Gasteiger partial charge is 0.503 e. The van der Waals surface area contributed by atoms with Crippen LogP contribution in [0.3, 0.4) is 0 Å². The largest absolute Gasteiger partial charge is 3.00 e. The SMILES string of the molecule is Cc1c[c-]c(-c2[c-]nc(C)c(-c3ccccc3)c2)cc1.Cc1cnc(-c2[c-]ccc3c2Oc2cccc4c2B3c2ccccc2O4)cc1C(C)(C)C.[Ir+3]. The summed E-state index contributed by atoms with van der Waals surface area (Å²) in [5, 5.41) is 0. The van der Waals surface area contributed by atoms with Crippen LogP contribution in [0.2, 0.25) is 0 Å². The third kappa shape index (κ3) is 6.98. The molecule has 2 aliphatic rings. The van der Waals surface area contributed by atoms with Crippen molar-refractivity contribution in [3.8, 4) is 56.5 Å². The molecular weight excluding hydrogens is 828 g/mol. The number of nitrogens with zero attached hydrogens (tertiary/aromatic N) is 2. The molecule has 0 amide bonds. The number of para-hydroxylation sites is 1. The van der Waals surface area contributed by atoms with E-state index < -0.39 is 0 Å². The maximum atomic E-state index is 6.53. The first-order valence-corrected chi connectivity index (χ1v) is 17.7. The van der Waals surface area contributed by atoms with Crippen molar-refractivity contribution in [2.45, 2.75) is 47.0 Å². The van der Waals surface area contributed by atoms with Gasteiger partial charge in [-0.25, -0.2) is 11.1 Å². The van der Waals surface area contributed by atoms with Crippen LogP contribution in [0, 0.1) is 39.1 Å². The topological polar surface area (TPSA) is 44.2 Å². The molecule has 0 aliphatic carbocycles. The van der Waals surface area contributed by atoms with Gasteiger partial charge >= 0.3 is 20.1 Å². The summed E-state index contributed by atoms with van der Waals surface area (Å²) in [6, 6.07) is 45.9. The van der Waals surface area contributed by atoms with E-state index in [9.17, 15) is 0 Å². The van der Waals surface area contributed by atoms with E-state index in [1.54, 1.807) is 0 Å². The number of fused-ring (bicyclic) bond motifs is 4. The van der Waals surface area contributed by atoms with E-state index >= 15 is 0 Å². The molecule has 5 aromatic carbocycles. The van der Waals surface area contributed by atoms with Gasteiger partial charge in [0.2, 0.25) is 6.71 Å². The quantitative estimate of drug-likeness (QED) is 0.131. The van der Waals surface area contributed by atoms with Crippen LogP contribution in [0.5, 0.6) is 23.0 Å². The molecule has 53 heavy (non-hydrogen) atoms. The van der Waals surface area contributed by atoms with Crippen LogP contribution in [-0.4, -0.2) is 16.7 Å². The maximum Gasteiger partial charge on any atom is 3.00 e. The number of pyridine rings is 2. The third-order valence-electron chi connectivity index (χ3n) is 9.80. The van der Waals surface area contributed by atoms with Crippen LogP contribution in [0.1, 0.15) is 43.2 Å². The van der Waals surface area contributed by atoms with Gasteiger partial charge in [0.1, 0.15) is 17.2 Å². The van der Waals surface area contributed by atoms with E-state index in [0.717, 1.165) is 73.0 Å². The number of ether oxygens (including phenoxy) is 2. The molecule has 0 spiro atoms. The fraction of sp³-hybridized carbons (Fsp3) is 0.149. The number of hydrogen-bond acceptors (Lipinski definition) is 4. The van der Waals surface area contributed by atoms with Gasteiger partial charge in [0.05, 0.1) is 0 Å². The molecule has 6 heteroatoms. The Morgan fingerprint density at radius 1 is 0.698 bits per heavy atom. The van der Waals surface area contributed by atoms with E-state index in [2.05, 4.69) is 113 Å². The van der Waals surface area contributed by atoms with E-state index in [1.165, 1.54) is 22.3 Å². The van der Waals surface area contributed by atoms with Crippen LogP contribution < -0.4 is 25.9 Å². The van der Waals surface area contributed by atoms with E-state index in [1.807, 2.05) is 73.8 Å². The van der Waals surface area contributed by atoms with Crippen LogP contribution in [0.4, 0.5) is 0 Å². The van der Waals surface area contributed by atoms with Crippen molar-refractivity contribution in [1.82, 2.24) is 9.97 Å². The predicted octanol–water partition coefficient (Wildman–Crippen LogP) is 9.51. The Morgan fingerprint density at radius 3 is 2.19 bits per heavy atom. The second-order valence-corrected chi connectivity index (χ2v) is 14.5. The Kier molecular flexibility index (Phi) is 9.96. The van der Waals surface area contributed by atoms with Crippen molar-refractivity contribution in [2.24, 2.45) is 0 Å². The van der Waals surface area contributed by atoms with Crippen molar-refractivity contribution in [1.29, 1.82) is 0 Å². The molecule has 0 bridgehead atoms. The van der Waals surface area contributed by atoms with Gasteiger partial charge in [-0.3, -0.25) is 0 Å². The van der Waals surface area contributed by atoms with Crippen molar-refractivity contribution in [3.05, 3.63) is 162 Å². The van der Waals surface area contributed by atoms with Crippen molar-refractivity contribution >= 4 is 23.1 Å². The van der Waals surface area contributed by atoms with E-state index in [-0.39, 0.29) is 32.2 Å². The Labute approximate surface area is 326 Å². The minimum Gasteiger partial charge on any atom is -0.503 e. The van der Waals surface area contributed by atoms with Gasteiger partial charge in [0.15, 0.2) is 0 Å². The first kappa shape index (κ1) is 36.1. The summed E-state index contributed by atoms with van der Waals surface area (Å²) >= 11 is 0. The Balaban J connectivity index is 0.000000179. The van der Waals surface area contributed by atoms with E-state index in [0.29, 0.717) is 0 Å². The fourth-order valence-corrected chi connectivity index (χ4v) is 7.21. The van der Waals surface area contributed by atoms with Crippen LogP contribution >= 0.6 is 0 Å². The summed E-state index contributed by atoms with van der Waals surface area (Å²) in [5.41, 5.74) is 14.2. The second-order valence-electron chi connectivity index (χ2n) is 14.5. The summed E-state index contributed by atoms with van der Waals surface area (Å²) in [7, 11) is 0. The predicted molar refractivity (Wildman–Crippen MR) is 212 cm³/mol. The summed E-state index contributed by atoms with van der Waals surface area (Å²) in [5.74, 6) is 3.41. The number of aryl methyl sites for hydroxylation is 3. The number of benzene rings is 5. The van der Waals surface area contributed by atoms with Gasteiger partial charge in [0.25, 0.3) is 0 Å². The molecule has 0 atom stereocenters. The van der Waals surface area contributed by atoms with Gasteiger partial charge in [-0.15, -0.1) is 29.2 Å². The molecule has 2 aromatic heterocycles. The van der Waals surface area contributed by atoms with E-state index in [4.69, 9.17) is 14.5 Å². The molecule has 0 saturated carbocycles. The van der Waals surface area contributed by atoms with Crippen molar-refractivity contribution < 1.29 is 29.6 Å². The first-order chi connectivity index (χ1) is 25.2. The summed E-state index contributed by atoms with van der Waals surface area (Å²) in [4.78, 5) is 9.19. The molecule has 4 nitrogen and oxygen atoms in total. The average molecular weight is 866 g/mol. The normalized spacial score (nSPS) is 12.1. The van der Waals surface area contributed by atoms with Gasteiger partial charge in [0, 0.05) is 17.4 Å². The number of aromatic nitrogens is 2. The molecule has 0 fully saturated rings. The van der Waals surface area contributed by atoms with Crippen molar-refractivity contribution in [3.63, 3.8) is 0 Å². The molecule has 4 heterocycles. The average Bonchev–Trinajstić information content (AvgIpc) is 3.15. The van der Waals surface area contributed by atoms with Gasteiger partial charge in [-0.1, -0.05) is 113 Å². The molecular formula is C47H38BIrN2O2. The molecule has 0 saturated heterocycles. The summed E-state index contributed by atoms with van der Waals surface area (Å²) in [6.45, 7) is 12.9. The Hall–Kier alpha value is -5.29. The zero-order valence-electron chi connectivity index (χ0n) is 30.7. The zero-order chi connectivity index (χ0) is 36.0. The molecule has 7 aromatic rings. The van der Waals surface area contributed by atoms with Gasteiger partial charge < -0.3 is 19.4 Å². The second kappa shape index (κ2) is 14.6. The molecule has 0 radical (unpaired) electrons. The summed E-state index contributed by atoms with van der Waals surface area (Å²) in [6.07, 6.45) is 5.06. The Morgan fingerprint density at radius 2 is 1.43 bits per heavy atom.